The largest absolute Gasteiger partial charge is 0.312 e. The maximum Gasteiger partial charge on any atom is 0.264 e. The molecule has 0 unspecified atom stereocenters. The van der Waals surface area contributed by atoms with E-state index in [0.29, 0.717) is 31.6 Å². The Kier molecular flexibility index (Phi) is 4.81. The molecule has 0 radical (unpaired) electrons. The highest BCUT2D eigenvalue weighted by molar-refractivity contribution is 7.92. The average Bonchev–Trinajstić information content (AvgIpc) is 3.05. The number of hydrogen-bond acceptors (Lipinski definition) is 3. The van der Waals surface area contributed by atoms with Gasteiger partial charge in [0.25, 0.3) is 10.0 Å². The normalized spacial score (nSPS) is 13.6. The van der Waals surface area contributed by atoms with Gasteiger partial charge in [-0.3, -0.25) is 9.10 Å². The fourth-order valence-corrected chi connectivity index (χ4v) is 4.73. The standard InChI is InChI=1S/C19H22N2O3S/c1-3-19(22)20-13-12-15-14-17(10-11-18(15)20)25(23,24)21(4-2)16-8-6-5-7-9-16/h5-11,14H,3-4,12-13H2,1-2H3. The number of para-hydroxylation sites is 1. The van der Waals surface area contributed by atoms with Gasteiger partial charge in [-0.05, 0) is 49.2 Å². The zero-order valence-corrected chi connectivity index (χ0v) is 15.3. The second-order valence-corrected chi connectivity index (χ2v) is 7.81. The third kappa shape index (κ3) is 3.14. The number of benzene rings is 2. The summed E-state index contributed by atoms with van der Waals surface area (Å²) in [6.07, 6.45) is 1.12. The number of anilines is 2. The lowest BCUT2D eigenvalue weighted by atomic mass is 10.2. The van der Waals surface area contributed by atoms with Gasteiger partial charge in [0.05, 0.1) is 10.6 Å². The third-order valence-corrected chi connectivity index (χ3v) is 6.37. The van der Waals surface area contributed by atoms with E-state index < -0.39 is 10.0 Å². The number of sulfonamides is 1. The number of rotatable bonds is 5. The molecule has 0 saturated heterocycles. The molecule has 2 aromatic rings. The van der Waals surface area contributed by atoms with Crippen molar-refractivity contribution in [2.24, 2.45) is 0 Å². The van der Waals surface area contributed by atoms with Gasteiger partial charge in [-0.2, -0.15) is 0 Å². The van der Waals surface area contributed by atoms with E-state index in [4.69, 9.17) is 0 Å². The van der Waals surface area contributed by atoms with Crippen LogP contribution in [0.3, 0.4) is 0 Å². The van der Waals surface area contributed by atoms with E-state index in [-0.39, 0.29) is 10.8 Å². The Balaban J connectivity index is 1.98. The Morgan fingerprint density at radius 1 is 1.12 bits per heavy atom. The van der Waals surface area contributed by atoms with Crippen molar-refractivity contribution in [3.63, 3.8) is 0 Å². The quantitative estimate of drug-likeness (QED) is 0.825. The van der Waals surface area contributed by atoms with Gasteiger partial charge in [-0.25, -0.2) is 8.42 Å². The van der Waals surface area contributed by atoms with Crippen LogP contribution in [0.2, 0.25) is 0 Å². The Hall–Kier alpha value is -2.34. The SMILES string of the molecule is CCC(=O)N1CCc2cc(S(=O)(=O)N(CC)c3ccccc3)ccc21. The molecule has 132 valence electrons. The molecule has 1 amide bonds. The lowest BCUT2D eigenvalue weighted by Crippen LogP contribution is -2.31. The first-order chi connectivity index (χ1) is 12.0. The maximum absolute atomic E-state index is 13.1. The number of carbonyl (C=O) groups is 1. The summed E-state index contributed by atoms with van der Waals surface area (Å²) < 4.78 is 27.6. The summed E-state index contributed by atoms with van der Waals surface area (Å²) in [6, 6.07) is 14.1. The van der Waals surface area contributed by atoms with Crippen molar-refractivity contribution in [3.8, 4) is 0 Å². The van der Waals surface area contributed by atoms with Gasteiger partial charge in [-0.1, -0.05) is 25.1 Å². The first-order valence-electron chi connectivity index (χ1n) is 8.50. The van der Waals surface area contributed by atoms with Crippen LogP contribution in [0.25, 0.3) is 0 Å². The number of carbonyl (C=O) groups excluding carboxylic acids is 1. The van der Waals surface area contributed by atoms with Crippen LogP contribution in [0.5, 0.6) is 0 Å². The van der Waals surface area contributed by atoms with Crippen LogP contribution in [-0.2, 0) is 21.2 Å². The molecule has 3 rings (SSSR count). The van der Waals surface area contributed by atoms with E-state index in [2.05, 4.69) is 0 Å². The monoisotopic (exact) mass is 358 g/mol. The molecule has 0 fully saturated rings. The summed E-state index contributed by atoms with van der Waals surface area (Å²) in [5.41, 5.74) is 2.38. The highest BCUT2D eigenvalue weighted by Crippen LogP contribution is 2.32. The Morgan fingerprint density at radius 2 is 1.84 bits per heavy atom. The molecule has 0 aliphatic carbocycles. The van der Waals surface area contributed by atoms with Crippen molar-refractivity contribution in [2.45, 2.75) is 31.6 Å². The van der Waals surface area contributed by atoms with Crippen LogP contribution in [-0.4, -0.2) is 27.4 Å². The predicted molar refractivity (Wildman–Crippen MR) is 99.4 cm³/mol. The molecular weight excluding hydrogens is 336 g/mol. The van der Waals surface area contributed by atoms with E-state index >= 15 is 0 Å². The van der Waals surface area contributed by atoms with Crippen LogP contribution < -0.4 is 9.21 Å². The summed E-state index contributed by atoms with van der Waals surface area (Å²) in [6.45, 7) is 4.61. The fraction of sp³-hybridized carbons (Fsp3) is 0.316. The van der Waals surface area contributed by atoms with Crippen molar-refractivity contribution in [3.05, 3.63) is 54.1 Å². The molecule has 0 aromatic heterocycles. The van der Waals surface area contributed by atoms with Gasteiger partial charge in [0.15, 0.2) is 0 Å². The van der Waals surface area contributed by atoms with E-state index in [1.807, 2.05) is 32.0 Å². The van der Waals surface area contributed by atoms with Gasteiger partial charge >= 0.3 is 0 Å². The lowest BCUT2D eigenvalue weighted by Gasteiger charge is -2.23. The smallest absolute Gasteiger partial charge is 0.264 e. The molecule has 1 heterocycles. The second kappa shape index (κ2) is 6.88. The Morgan fingerprint density at radius 3 is 2.48 bits per heavy atom. The molecule has 1 aliphatic heterocycles. The van der Waals surface area contributed by atoms with Gasteiger partial charge in [-0.15, -0.1) is 0 Å². The highest BCUT2D eigenvalue weighted by atomic mass is 32.2. The summed E-state index contributed by atoms with van der Waals surface area (Å²) in [4.78, 5) is 14.0. The molecule has 0 bridgehead atoms. The van der Waals surface area contributed by atoms with E-state index in [1.54, 1.807) is 35.2 Å². The van der Waals surface area contributed by atoms with Gasteiger partial charge < -0.3 is 4.90 Å². The number of nitrogens with zero attached hydrogens (tertiary/aromatic N) is 2. The molecule has 0 N–H and O–H groups in total. The van der Waals surface area contributed by atoms with Crippen molar-refractivity contribution in [2.75, 3.05) is 22.3 Å². The maximum atomic E-state index is 13.1. The number of hydrogen-bond donors (Lipinski definition) is 0. The molecule has 5 nitrogen and oxygen atoms in total. The van der Waals surface area contributed by atoms with Crippen LogP contribution >= 0.6 is 0 Å². The first-order valence-corrected chi connectivity index (χ1v) is 9.94. The summed E-state index contributed by atoms with van der Waals surface area (Å²) in [5.74, 6) is 0.0637. The summed E-state index contributed by atoms with van der Waals surface area (Å²) >= 11 is 0. The number of fused-ring (bicyclic) bond motifs is 1. The average molecular weight is 358 g/mol. The minimum atomic E-state index is -3.64. The van der Waals surface area contributed by atoms with E-state index in [9.17, 15) is 13.2 Å². The van der Waals surface area contributed by atoms with Crippen LogP contribution in [0.4, 0.5) is 11.4 Å². The minimum absolute atomic E-state index is 0.0637. The lowest BCUT2D eigenvalue weighted by molar-refractivity contribution is -0.118. The molecule has 2 aromatic carbocycles. The van der Waals surface area contributed by atoms with Crippen molar-refractivity contribution < 1.29 is 13.2 Å². The van der Waals surface area contributed by atoms with E-state index in [1.165, 1.54) is 4.31 Å². The minimum Gasteiger partial charge on any atom is -0.312 e. The second-order valence-electron chi connectivity index (χ2n) is 5.94. The van der Waals surface area contributed by atoms with Gasteiger partial charge in [0.2, 0.25) is 5.91 Å². The van der Waals surface area contributed by atoms with Crippen LogP contribution in [0.1, 0.15) is 25.8 Å². The molecule has 0 spiro atoms. The highest BCUT2D eigenvalue weighted by Gasteiger charge is 2.28. The van der Waals surface area contributed by atoms with Crippen molar-refractivity contribution in [1.82, 2.24) is 0 Å². The van der Waals surface area contributed by atoms with Gasteiger partial charge in [0.1, 0.15) is 0 Å². The first kappa shape index (κ1) is 17.5. The predicted octanol–water partition coefficient (Wildman–Crippen LogP) is 3.20. The molecule has 25 heavy (non-hydrogen) atoms. The van der Waals surface area contributed by atoms with Crippen molar-refractivity contribution >= 4 is 27.3 Å². The molecule has 6 heteroatoms. The zero-order chi connectivity index (χ0) is 18.0. The van der Waals surface area contributed by atoms with Gasteiger partial charge in [0, 0.05) is 25.2 Å². The topological polar surface area (TPSA) is 57.7 Å². The summed E-state index contributed by atoms with van der Waals surface area (Å²) in [7, 11) is -3.64. The molecule has 0 atom stereocenters. The molecule has 0 saturated carbocycles. The van der Waals surface area contributed by atoms with Crippen molar-refractivity contribution in [1.29, 1.82) is 0 Å². The van der Waals surface area contributed by atoms with Crippen LogP contribution in [0.15, 0.2) is 53.4 Å². The van der Waals surface area contributed by atoms with E-state index in [0.717, 1.165) is 11.3 Å². The molecule has 1 aliphatic rings. The third-order valence-electron chi connectivity index (χ3n) is 4.47. The summed E-state index contributed by atoms with van der Waals surface area (Å²) in [5, 5.41) is 0. The number of amides is 1. The fourth-order valence-electron chi connectivity index (χ4n) is 3.20. The Bertz CT molecular complexity index is 879. The molecular formula is C19H22N2O3S. The van der Waals surface area contributed by atoms with Crippen LogP contribution in [0, 0.1) is 0 Å². The zero-order valence-electron chi connectivity index (χ0n) is 14.5. The Labute approximate surface area is 148 Å².